The van der Waals surface area contributed by atoms with Gasteiger partial charge in [-0.15, -0.1) is 0 Å². The normalized spacial score (nSPS) is 19.0. The van der Waals surface area contributed by atoms with Crippen LogP contribution in [0.25, 0.3) is 0 Å². The van der Waals surface area contributed by atoms with Gasteiger partial charge in [0.05, 0.1) is 25.2 Å². The summed E-state index contributed by atoms with van der Waals surface area (Å²) in [6.07, 6.45) is 0.322. The summed E-state index contributed by atoms with van der Waals surface area (Å²) < 4.78 is 0. The van der Waals surface area contributed by atoms with Crippen molar-refractivity contribution < 1.29 is 14.5 Å². The van der Waals surface area contributed by atoms with Crippen LogP contribution in [0.2, 0.25) is 0 Å². The van der Waals surface area contributed by atoms with E-state index in [1.54, 1.807) is 0 Å². The highest BCUT2D eigenvalue weighted by atomic mass is 16.2. The molecule has 1 heterocycles. The molecular formula is C17H25N2O2+. The number of benzene rings is 1. The van der Waals surface area contributed by atoms with E-state index in [0.29, 0.717) is 6.42 Å². The lowest BCUT2D eigenvalue weighted by Gasteiger charge is -2.23. The summed E-state index contributed by atoms with van der Waals surface area (Å²) in [5, 5.41) is 0. The maximum atomic E-state index is 12.7. The number of hydrogen-bond donors (Lipinski definition) is 1. The van der Waals surface area contributed by atoms with Gasteiger partial charge in [0.2, 0.25) is 5.91 Å². The number of likely N-dealkylation sites (N-methyl/N-ethyl adjacent to an activating group) is 1. The molecule has 2 amide bonds. The van der Waals surface area contributed by atoms with E-state index in [2.05, 4.69) is 13.8 Å². The topological polar surface area (TPSA) is 41.8 Å². The fourth-order valence-electron chi connectivity index (χ4n) is 3.45. The Balaban J connectivity index is 2.42. The summed E-state index contributed by atoms with van der Waals surface area (Å²) in [7, 11) is 0. The SMILES string of the molecule is CC[NH+](CC)[C@H]1CC(=O)N(c2c(C)cc(C)cc2C)C1=O. The predicted octanol–water partition coefficient (Wildman–Crippen LogP) is 1.17. The highest BCUT2D eigenvalue weighted by Gasteiger charge is 2.45. The molecule has 21 heavy (non-hydrogen) atoms. The van der Waals surface area contributed by atoms with E-state index in [9.17, 15) is 9.59 Å². The van der Waals surface area contributed by atoms with Crippen molar-refractivity contribution in [3.05, 3.63) is 28.8 Å². The molecular weight excluding hydrogens is 264 g/mol. The van der Waals surface area contributed by atoms with Crippen molar-refractivity contribution in [3.8, 4) is 0 Å². The molecule has 1 aromatic rings. The van der Waals surface area contributed by atoms with Gasteiger partial charge in [-0.1, -0.05) is 17.7 Å². The van der Waals surface area contributed by atoms with Gasteiger partial charge in [0.25, 0.3) is 5.91 Å². The zero-order valence-electron chi connectivity index (χ0n) is 13.6. The second kappa shape index (κ2) is 5.98. The zero-order valence-corrected chi connectivity index (χ0v) is 13.6. The van der Waals surface area contributed by atoms with E-state index in [0.717, 1.165) is 35.5 Å². The minimum absolute atomic E-state index is 0.0475. The van der Waals surface area contributed by atoms with Gasteiger partial charge in [-0.25, -0.2) is 4.90 Å². The molecule has 2 rings (SSSR count). The van der Waals surface area contributed by atoms with Gasteiger partial charge >= 0.3 is 0 Å². The van der Waals surface area contributed by atoms with Crippen LogP contribution >= 0.6 is 0 Å². The number of imide groups is 1. The maximum Gasteiger partial charge on any atom is 0.292 e. The summed E-state index contributed by atoms with van der Waals surface area (Å²) in [6.45, 7) is 11.8. The highest BCUT2D eigenvalue weighted by Crippen LogP contribution is 2.30. The minimum atomic E-state index is -0.229. The molecule has 0 aromatic heterocycles. The van der Waals surface area contributed by atoms with Gasteiger partial charge in [0.15, 0.2) is 6.04 Å². The lowest BCUT2D eigenvalue weighted by Crippen LogP contribution is -3.16. The van der Waals surface area contributed by atoms with Gasteiger partial charge in [-0.05, 0) is 45.7 Å². The second-order valence-electron chi connectivity index (χ2n) is 5.94. The molecule has 1 aliphatic heterocycles. The Morgan fingerprint density at radius 2 is 1.62 bits per heavy atom. The first kappa shape index (κ1) is 15.7. The number of hydrogen-bond acceptors (Lipinski definition) is 2. The average molecular weight is 289 g/mol. The van der Waals surface area contributed by atoms with Crippen LogP contribution in [-0.2, 0) is 9.59 Å². The molecule has 1 aromatic carbocycles. The largest absolute Gasteiger partial charge is 0.325 e. The van der Waals surface area contributed by atoms with Gasteiger partial charge < -0.3 is 4.90 Å². The summed E-state index contributed by atoms with van der Waals surface area (Å²) in [4.78, 5) is 27.8. The van der Waals surface area contributed by atoms with Crippen molar-refractivity contribution in [2.45, 2.75) is 47.1 Å². The average Bonchev–Trinajstić information content (AvgIpc) is 2.68. The molecule has 0 bridgehead atoms. The smallest absolute Gasteiger partial charge is 0.292 e. The number of carbonyl (C=O) groups excluding carboxylic acids is 2. The van der Waals surface area contributed by atoms with Crippen molar-refractivity contribution in [2.75, 3.05) is 18.0 Å². The van der Waals surface area contributed by atoms with E-state index in [4.69, 9.17) is 0 Å². The van der Waals surface area contributed by atoms with Crippen LogP contribution < -0.4 is 9.80 Å². The third kappa shape index (κ3) is 2.72. The van der Waals surface area contributed by atoms with Crippen LogP contribution in [0.3, 0.4) is 0 Å². The number of quaternary nitrogens is 1. The fraction of sp³-hybridized carbons (Fsp3) is 0.529. The Morgan fingerprint density at radius 3 is 2.10 bits per heavy atom. The van der Waals surface area contributed by atoms with Gasteiger partial charge in [-0.3, -0.25) is 9.59 Å². The van der Waals surface area contributed by atoms with Crippen LogP contribution in [0.15, 0.2) is 12.1 Å². The fourth-order valence-corrected chi connectivity index (χ4v) is 3.45. The molecule has 1 saturated heterocycles. The van der Waals surface area contributed by atoms with Crippen LogP contribution in [0.4, 0.5) is 5.69 Å². The third-order valence-corrected chi connectivity index (χ3v) is 4.41. The van der Waals surface area contributed by atoms with Gasteiger partial charge in [-0.2, -0.15) is 0 Å². The van der Waals surface area contributed by atoms with E-state index >= 15 is 0 Å². The summed E-state index contributed by atoms with van der Waals surface area (Å²) in [5.41, 5.74) is 3.91. The standard InChI is InChI=1S/C17H24N2O2/c1-6-18(7-2)14-10-15(20)19(17(14)21)16-12(4)8-11(3)9-13(16)5/h8-9,14H,6-7,10H2,1-5H3/p+1/t14-/m0/s1. The molecule has 0 spiro atoms. The Bertz CT molecular complexity index is 553. The molecule has 1 N–H and O–H groups in total. The van der Waals surface area contributed by atoms with E-state index in [-0.39, 0.29) is 17.9 Å². The molecule has 1 fully saturated rings. The van der Waals surface area contributed by atoms with Crippen LogP contribution in [0, 0.1) is 20.8 Å². The highest BCUT2D eigenvalue weighted by molar-refractivity contribution is 6.22. The van der Waals surface area contributed by atoms with E-state index in [1.165, 1.54) is 9.80 Å². The monoisotopic (exact) mass is 289 g/mol. The number of amides is 2. The molecule has 1 atom stereocenters. The first-order valence-electron chi connectivity index (χ1n) is 7.69. The third-order valence-electron chi connectivity index (χ3n) is 4.41. The predicted molar refractivity (Wildman–Crippen MR) is 83.6 cm³/mol. The number of aryl methyl sites for hydroxylation is 3. The molecule has 1 aliphatic rings. The number of rotatable bonds is 4. The molecule has 0 unspecified atom stereocenters. The number of anilines is 1. The Kier molecular flexibility index (Phi) is 4.47. The van der Waals surface area contributed by atoms with Crippen molar-refractivity contribution in [1.82, 2.24) is 0 Å². The Labute approximate surface area is 126 Å². The Hall–Kier alpha value is -1.68. The van der Waals surface area contributed by atoms with Gasteiger partial charge in [0.1, 0.15) is 0 Å². The number of carbonyl (C=O) groups is 2. The summed E-state index contributed by atoms with van der Waals surface area (Å²) in [6, 6.07) is 3.83. The van der Waals surface area contributed by atoms with Crippen molar-refractivity contribution in [3.63, 3.8) is 0 Å². The molecule has 0 aliphatic carbocycles. The number of nitrogens with zero attached hydrogens (tertiary/aromatic N) is 1. The van der Waals surface area contributed by atoms with E-state index in [1.807, 2.05) is 32.9 Å². The first-order valence-corrected chi connectivity index (χ1v) is 7.69. The van der Waals surface area contributed by atoms with Crippen LogP contribution in [0.5, 0.6) is 0 Å². The van der Waals surface area contributed by atoms with Crippen molar-refractivity contribution in [1.29, 1.82) is 0 Å². The summed E-state index contributed by atoms with van der Waals surface area (Å²) >= 11 is 0. The molecule has 4 nitrogen and oxygen atoms in total. The lowest BCUT2D eigenvalue weighted by atomic mass is 10.0. The van der Waals surface area contributed by atoms with Crippen molar-refractivity contribution in [2.24, 2.45) is 0 Å². The lowest BCUT2D eigenvalue weighted by molar-refractivity contribution is -0.911. The Morgan fingerprint density at radius 1 is 1.10 bits per heavy atom. The minimum Gasteiger partial charge on any atom is -0.325 e. The summed E-state index contributed by atoms with van der Waals surface area (Å²) in [5.74, 6) is -0.117. The molecule has 0 radical (unpaired) electrons. The zero-order chi connectivity index (χ0) is 15.7. The second-order valence-corrected chi connectivity index (χ2v) is 5.94. The van der Waals surface area contributed by atoms with Crippen molar-refractivity contribution >= 4 is 17.5 Å². The number of nitrogens with one attached hydrogen (secondary N) is 1. The van der Waals surface area contributed by atoms with Crippen LogP contribution in [0.1, 0.15) is 37.0 Å². The molecule has 114 valence electrons. The van der Waals surface area contributed by atoms with Crippen LogP contribution in [-0.4, -0.2) is 30.9 Å². The molecule has 4 heteroatoms. The van der Waals surface area contributed by atoms with E-state index < -0.39 is 0 Å². The maximum absolute atomic E-state index is 12.7. The first-order chi connectivity index (χ1) is 9.90. The van der Waals surface area contributed by atoms with Gasteiger partial charge in [0, 0.05) is 0 Å². The molecule has 0 saturated carbocycles. The quantitative estimate of drug-likeness (QED) is 0.846.